The van der Waals surface area contributed by atoms with Gasteiger partial charge in [0.1, 0.15) is 10.0 Å². The summed E-state index contributed by atoms with van der Waals surface area (Å²) in [5.41, 5.74) is 0.448. The maximum Gasteiger partial charge on any atom is 0.271 e. The van der Waals surface area contributed by atoms with Crippen molar-refractivity contribution in [2.24, 2.45) is 5.92 Å². The lowest BCUT2D eigenvalue weighted by atomic mass is 10.0. The molecule has 0 aromatic carbocycles. The molecule has 3 rings (SSSR count). The predicted molar refractivity (Wildman–Crippen MR) is 95.0 cm³/mol. The molecule has 0 saturated carbocycles. The van der Waals surface area contributed by atoms with E-state index in [2.05, 4.69) is 21.5 Å². The first kappa shape index (κ1) is 16.5. The molecule has 0 spiro atoms. The number of thiophene rings is 1. The van der Waals surface area contributed by atoms with Crippen molar-refractivity contribution in [3.05, 3.63) is 34.8 Å². The molecule has 2 aromatic heterocycles. The minimum Gasteiger partial charge on any atom is -0.356 e. The average molecular weight is 372 g/mol. The van der Waals surface area contributed by atoms with Crippen LogP contribution in [-0.4, -0.2) is 26.5 Å². The fourth-order valence-electron chi connectivity index (χ4n) is 2.68. The predicted octanol–water partition coefficient (Wildman–Crippen LogP) is 3.83. The van der Waals surface area contributed by atoms with Crippen molar-refractivity contribution in [3.8, 4) is 0 Å². The van der Waals surface area contributed by atoms with Crippen molar-refractivity contribution in [1.82, 2.24) is 4.98 Å². The molecule has 1 aliphatic rings. The molecule has 1 unspecified atom stereocenters. The molecule has 1 saturated heterocycles. The number of pyridine rings is 1. The molecular formula is C15H18ClN3O2S2. The number of sulfonamides is 1. The van der Waals surface area contributed by atoms with Crippen LogP contribution in [0.15, 0.2) is 34.7 Å². The van der Waals surface area contributed by atoms with Crippen molar-refractivity contribution in [1.29, 1.82) is 0 Å². The van der Waals surface area contributed by atoms with Crippen LogP contribution in [0.5, 0.6) is 0 Å². The van der Waals surface area contributed by atoms with Crippen LogP contribution in [0.1, 0.15) is 19.8 Å². The van der Waals surface area contributed by atoms with Gasteiger partial charge in [-0.2, -0.15) is 0 Å². The molecule has 124 valence electrons. The summed E-state index contributed by atoms with van der Waals surface area (Å²) in [4.78, 5) is 6.64. The normalized spacial score (nSPS) is 18.9. The number of nitrogens with one attached hydrogen (secondary N) is 1. The molecule has 0 bridgehead atoms. The molecule has 23 heavy (non-hydrogen) atoms. The van der Waals surface area contributed by atoms with Crippen LogP contribution in [0, 0.1) is 5.92 Å². The van der Waals surface area contributed by atoms with Crippen molar-refractivity contribution in [3.63, 3.8) is 0 Å². The second kappa shape index (κ2) is 6.67. The highest BCUT2D eigenvalue weighted by Gasteiger charge is 2.19. The fraction of sp³-hybridized carbons (Fsp3) is 0.400. The summed E-state index contributed by atoms with van der Waals surface area (Å²) in [5, 5.41) is 0. The lowest BCUT2D eigenvalue weighted by molar-refractivity contribution is 0.444. The van der Waals surface area contributed by atoms with E-state index >= 15 is 0 Å². The van der Waals surface area contributed by atoms with Gasteiger partial charge in [0, 0.05) is 13.1 Å². The Hall–Kier alpha value is -1.31. The molecule has 8 heteroatoms. The molecular weight excluding hydrogens is 354 g/mol. The number of hydrogen-bond donors (Lipinski definition) is 1. The van der Waals surface area contributed by atoms with E-state index in [0.717, 1.165) is 36.7 Å². The van der Waals surface area contributed by atoms with Gasteiger partial charge in [0.25, 0.3) is 10.0 Å². The van der Waals surface area contributed by atoms with Gasteiger partial charge in [-0.25, -0.2) is 13.4 Å². The Morgan fingerprint density at radius 1 is 1.35 bits per heavy atom. The number of piperidine rings is 1. The van der Waals surface area contributed by atoms with Crippen LogP contribution in [0.3, 0.4) is 0 Å². The van der Waals surface area contributed by atoms with Crippen molar-refractivity contribution >= 4 is 44.5 Å². The van der Waals surface area contributed by atoms with E-state index in [1.165, 1.54) is 12.5 Å². The van der Waals surface area contributed by atoms with Gasteiger partial charge in [0.2, 0.25) is 0 Å². The zero-order valence-electron chi connectivity index (χ0n) is 12.7. The minimum atomic E-state index is -3.61. The molecule has 0 radical (unpaired) electrons. The standard InChI is InChI=1S/C15H18ClN3O2S2/c1-11-3-2-8-19(10-11)14-6-4-12(9-17-14)18-23(20,21)15-7-5-13(16)22-15/h4-7,9,11,18H,2-3,8,10H2,1H3. The zero-order valence-corrected chi connectivity index (χ0v) is 15.1. The molecule has 1 aliphatic heterocycles. The Morgan fingerprint density at radius 2 is 2.17 bits per heavy atom. The van der Waals surface area contributed by atoms with Gasteiger partial charge in [-0.1, -0.05) is 18.5 Å². The van der Waals surface area contributed by atoms with Crippen LogP contribution in [-0.2, 0) is 10.0 Å². The van der Waals surface area contributed by atoms with Gasteiger partial charge in [-0.3, -0.25) is 4.72 Å². The molecule has 0 amide bonds. The number of nitrogens with zero attached hydrogens (tertiary/aromatic N) is 2. The third kappa shape index (κ3) is 3.97. The maximum absolute atomic E-state index is 12.2. The Kier molecular flexibility index (Phi) is 4.79. The van der Waals surface area contributed by atoms with Gasteiger partial charge < -0.3 is 4.90 Å². The third-order valence-electron chi connectivity index (χ3n) is 3.79. The molecule has 3 heterocycles. The van der Waals surface area contributed by atoms with E-state index < -0.39 is 10.0 Å². The smallest absolute Gasteiger partial charge is 0.271 e. The van der Waals surface area contributed by atoms with Crippen LogP contribution >= 0.6 is 22.9 Å². The Labute approximate surface area is 145 Å². The number of anilines is 2. The van der Waals surface area contributed by atoms with E-state index in [0.29, 0.717) is 15.9 Å². The Morgan fingerprint density at radius 3 is 2.78 bits per heavy atom. The first-order chi connectivity index (χ1) is 10.9. The van der Waals surface area contributed by atoms with Crippen LogP contribution in [0.2, 0.25) is 4.34 Å². The molecule has 1 atom stereocenters. The summed E-state index contributed by atoms with van der Waals surface area (Å²) in [7, 11) is -3.61. The topological polar surface area (TPSA) is 62.3 Å². The van der Waals surface area contributed by atoms with Crippen LogP contribution < -0.4 is 9.62 Å². The van der Waals surface area contributed by atoms with E-state index in [1.807, 2.05) is 6.07 Å². The van der Waals surface area contributed by atoms with E-state index in [4.69, 9.17) is 11.6 Å². The molecule has 0 aliphatic carbocycles. The van der Waals surface area contributed by atoms with E-state index in [-0.39, 0.29) is 4.21 Å². The summed E-state index contributed by atoms with van der Waals surface area (Å²) >= 11 is 6.82. The number of rotatable bonds is 4. The Bertz CT molecular complexity index is 774. The summed E-state index contributed by atoms with van der Waals surface area (Å²) in [6.07, 6.45) is 3.97. The van der Waals surface area contributed by atoms with Crippen molar-refractivity contribution < 1.29 is 8.42 Å². The highest BCUT2D eigenvalue weighted by molar-refractivity contribution is 7.94. The van der Waals surface area contributed by atoms with Crippen LogP contribution in [0.25, 0.3) is 0 Å². The summed E-state index contributed by atoms with van der Waals surface area (Å²) < 4.78 is 27.7. The maximum atomic E-state index is 12.2. The second-order valence-corrected chi connectivity index (χ2v) is 9.39. The number of halogens is 1. The zero-order chi connectivity index (χ0) is 16.4. The largest absolute Gasteiger partial charge is 0.356 e. The highest BCUT2D eigenvalue weighted by Crippen LogP contribution is 2.28. The summed E-state index contributed by atoms with van der Waals surface area (Å²) in [6, 6.07) is 6.66. The van der Waals surface area contributed by atoms with Gasteiger partial charge in [0.05, 0.1) is 16.2 Å². The highest BCUT2D eigenvalue weighted by atomic mass is 35.5. The van der Waals surface area contributed by atoms with Crippen molar-refractivity contribution in [2.45, 2.75) is 24.0 Å². The summed E-state index contributed by atoms with van der Waals surface area (Å²) in [5.74, 6) is 1.55. The fourth-order valence-corrected chi connectivity index (χ4v) is 5.20. The molecule has 2 aromatic rings. The Balaban J connectivity index is 1.72. The first-order valence-electron chi connectivity index (χ1n) is 7.43. The monoisotopic (exact) mass is 371 g/mol. The third-order valence-corrected chi connectivity index (χ3v) is 6.90. The van der Waals surface area contributed by atoms with E-state index in [9.17, 15) is 8.42 Å². The number of aromatic nitrogens is 1. The average Bonchev–Trinajstić information content (AvgIpc) is 2.95. The van der Waals surface area contributed by atoms with Gasteiger partial charge >= 0.3 is 0 Å². The summed E-state index contributed by atoms with van der Waals surface area (Å²) in [6.45, 7) is 4.22. The lowest BCUT2D eigenvalue weighted by Gasteiger charge is -2.31. The SMILES string of the molecule is CC1CCCN(c2ccc(NS(=O)(=O)c3ccc(Cl)s3)cn2)C1. The molecule has 5 nitrogen and oxygen atoms in total. The van der Waals surface area contributed by atoms with Crippen LogP contribution in [0.4, 0.5) is 11.5 Å². The first-order valence-corrected chi connectivity index (χ1v) is 10.1. The van der Waals surface area contributed by atoms with Crippen molar-refractivity contribution in [2.75, 3.05) is 22.7 Å². The second-order valence-electron chi connectivity index (χ2n) is 5.76. The van der Waals surface area contributed by atoms with Gasteiger partial charge in [-0.15, -0.1) is 11.3 Å². The molecule has 1 N–H and O–H groups in total. The lowest BCUT2D eigenvalue weighted by Crippen LogP contribution is -2.34. The van der Waals surface area contributed by atoms with E-state index in [1.54, 1.807) is 18.3 Å². The number of hydrogen-bond acceptors (Lipinski definition) is 5. The minimum absolute atomic E-state index is 0.191. The quantitative estimate of drug-likeness (QED) is 0.887. The molecule has 1 fully saturated rings. The van der Waals surface area contributed by atoms with Gasteiger partial charge in [-0.05, 0) is 43.0 Å². The van der Waals surface area contributed by atoms with Gasteiger partial charge in [0.15, 0.2) is 0 Å².